The number of amides is 1. The number of rotatable bonds is 5. The summed E-state index contributed by atoms with van der Waals surface area (Å²) >= 11 is 0. The molecule has 2 saturated heterocycles. The lowest BCUT2D eigenvalue weighted by Gasteiger charge is -2.41. The minimum Gasteiger partial charge on any atom is -0.364 e. The lowest BCUT2D eigenvalue weighted by molar-refractivity contribution is 0.0996. The molecule has 7 nitrogen and oxygen atoms in total. The smallest absolute Gasteiger partial charge is 0.269 e. The number of anilines is 1. The molecule has 0 aliphatic carbocycles. The van der Waals surface area contributed by atoms with Gasteiger partial charge in [0, 0.05) is 31.7 Å². The van der Waals surface area contributed by atoms with Gasteiger partial charge < -0.3 is 15.5 Å². The third-order valence-corrected chi connectivity index (χ3v) is 4.90. The van der Waals surface area contributed by atoms with Crippen LogP contribution >= 0.6 is 0 Å². The highest BCUT2D eigenvalue weighted by Crippen LogP contribution is 2.27. The molecule has 130 valence electrons. The number of hydrogen-bond donors (Lipinski definition) is 1. The van der Waals surface area contributed by atoms with Crippen LogP contribution in [0.2, 0.25) is 0 Å². The highest BCUT2D eigenvalue weighted by molar-refractivity contribution is 5.96. The van der Waals surface area contributed by atoms with Crippen molar-refractivity contribution in [2.24, 2.45) is 11.7 Å². The minimum atomic E-state index is -0.588. The number of pyridine rings is 1. The second-order valence-corrected chi connectivity index (χ2v) is 6.78. The molecule has 0 aromatic carbocycles. The van der Waals surface area contributed by atoms with Crippen LogP contribution in [0.15, 0.2) is 30.6 Å². The van der Waals surface area contributed by atoms with Crippen LogP contribution in [0.3, 0.4) is 0 Å². The van der Waals surface area contributed by atoms with E-state index in [-0.39, 0.29) is 5.69 Å². The van der Waals surface area contributed by atoms with Crippen LogP contribution in [-0.4, -0.2) is 58.5 Å². The summed E-state index contributed by atoms with van der Waals surface area (Å²) in [5.41, 5.74) is 6.68. The third kappa shape index (κ3) is 3.32. The number of aromatic nitrogens is 3. The third-order valence-electron chi connectivity index (χ3n) is 4.90. The Morgan fingerprint density at radius 3 is 2.68 bits per heavy atom. The molecule has 2 aliphatic heterocycles. The molecule has 0 saturated carbocycles. The van der Waals surface area contributed by atoms with Crippen molar-refractivity contribution in [1.82, 2.24) is 19.9 Å². The van der Waals surface area contributed by atoms with E-state index >= 15 is 0 Å². The van der Waals surface area contributed by atoms with Gasteiger partial charge in [0.25, 0.3) is 5.91 Å². The normalized spacial score (nSPS) is 18.3. The zero-order valence-electron chi connectivity index (χ0n) is 14.1. The number of likely N-dealkylation sites (tertiary alicyclic amines) is 1. The number of carbonyl (C=O) groups is 1. The van der Waals surface area contributed by atoms with E-state index in [0.29, 0.717) is 17.3 Å². The molecule has 4 heterocycles. The van der Waals surface area contributed by atoms with Crippen molar-refractivity contribution in [2.75, 3.05) is 37.6 Å². The van der Waals surface area contributed by atoms with Crippen molar-refractivity contribution >= 4 is 11.7 Å². The van der Waals surface area contributed by atoms with Crippen molar-refractivity contribution in [3.8, 4) is 11.4 Å². The second-order valence-electron chi connectivity index (χ2n) is 6.78. The summed E-state index contributed by atoms with van der Waals surface area (Å²) in [6, 6.07) is 5.49. The minimum absolute atomic E-state index is 0.164. The van der Waals surface area contributed by atoms with Crippen molar-refractivity contribution in [1.29, 1.82) is 0 Å². The standard InChI is InChI=1S/C18H22N6O/c19-18(25)17-16(14-5-1-2-6-20-14)22-15(9-21-17)24-11-13(12-24)10-23-7-3-4-8-23/h1-2,5-6,9,13H,3-4,7-8,10-12H2,(H2,19,25). The van der Waals surface area contributed by atoms with E-state index in [9.17, 15) is 4.79 Å². The topological polar surface area (TPSA) is 88.2 Å². The van der Waals surface area contributed by atoms with Gasteiger partial charge in [-0.15, -0.1) is 0 Å². The Morgan fingerprint density at radius 1 is 1.20 bits per heavy atom. The van der Waals surface area contributed by atoms with Crippen LogP contribution in [0.1, 0.15) is 23.3 Å². The number of primary amides is 1. The fraction of sp³-hybridized carbons (Fsp3) is 0.444. The first-order chi connectivity index (χ1) is 12.2. The Morgan fingerprint density at radius 2 is 2.00 bits per heavy atom. The Labute approximate surface area is 146 Å². The summed E-state index contributed by atoms with van der Waals surface area (Å²) in [4.78, 5) is 29.6. The Bertz CT molecular complexity index is 753. The number of carbonyl (C=O) groups excluding carboxylic acids is 1. The molecule has 0 atom stereocenters. The maximum absolute atomic E-state index is 11.7. The SMILES string of the molecule is NC(=O)c1ncc(N2CC(CN3CCCC3)C2)nc1-c1ccccn1. The van der Waals surface area contributed by atoms with Crippen LogP contribution in [0, 0.1) is 5.92 Å². The molecule has 2 N–H and O–H groups in total. The van der Waals surface area contributed by atoms with Crippen LogP contribution in [0.25, 0.3) is 11.4 Å². The van der Waals surface area contributed by atoms with E-state index < -0.39 is 5.91 Å². The maximum atomic E-state index is 11.7. The first-order valence-electron chi connectivity index (χ1n) is 8.76. The quantitative estimate of drug-likeness (QED) is 0.880. The Balaban J connectivity index is 1.50. The predicted octanol–water partition coefficient (Wildman–Crippen LogP) is 1.17. The summed E-state index contributed by atoms with van der Waals surface area (Å²) < 4.78 is 0. The van der Waals surface area contributed by atoms with Gasteiger partial charge in [-0.3, -0.25) is 9.78 Å². The first kappa shape index (κ1) is 16.0. The Hall–Kier alpha value is -2.54. The Kier molecular flexibility index (Phi) is 4.31. The van der Waals surface area contributed by atoms with Gasteiger partial charge in [0.15, 0.2) is 5.69 Å². The van der Waals surface area contributed by atoms with Crippen molar-refractivity contribution < 1.29 is 4.79 Å². The predicted molar refractivity (Wildman–Crippen MR) is 95.2 cm³/mol. The molecule has 0 unspecified atom stereocenters. The number of hydrogen-bond acceptors (Lipinski definition) is 6. The summed E-state index contributed by atoms with van der Waals surface area (Å²) in [6.45, 7) is 5.57. The highest BCUT2D eigenvalue weighted by atomic mass is 16.1. The van der Waals surface area contributed by atoms with E-state index in [0.717, 1.165) is 25.5 Å². The maximum Gasteiger partial charge on any atom is 0.269 e. The lowest BCUT2D eigenvalue weighted by Crippen LogP contribution is -2.51. The molecule has 0 radical (unpaired) electrons. The zero-order chi connectivity index (χ0) is 17.2. The van der Waals surface area contributed by atoms with Gasteiger partial charge in [0.2, 0.25) is 0 Å². The summed E-state index contributed by atoms with van der Waals surface area (Å²) in [7, 11) is 0. The average molecular weight is 338 g/mol. The fourth-order valence-electron chi connectivity index (χ4n) is 3.60. The van der Waals surface area contributed by atoms with Gasteiger partial charge >= 0.3 is 0 Å². The monoisotopic (exact) mass is 338 g/mol. The van der Waals surface area contributed by atoms with Gasteiger partial charge in [-0.05, 0) is 38.1 Å². The van der Waals surface area contributed by atoms with Crippen LogP contribution < -0.4 is 10.6 Å². The zero-order valence-corrected chi connectivity index (χ0v) is 14.1. The van der Waals surface area contributed by atoms with Crippen molar-refractivity contribution in [3.63, 3.8) is 0 Å². The largest absolute Gasteiger partial charge is 0.364 e. The first-order valence-corrected chi connectivity index (χ1v) is 8.76. The molecule has 7 heteroatoms. The van der Waals surface area contributed by atoms with E-state index in [1.165, 1.54) is 25.9 Å². The van der Waals surface area contributed by atoms with E-state index in [1.54, 1.807) is 12.4 Å². The van der Waals surface area contributed by atoms with E-state index in [2.05, 4.69) is 24.8 Å². The number of nitrogens with zero attached hydrogens (tertiary/aromatic N) is 5. The van der Waals surface area contributed by atoms with Gasteiger partial charge in [-0.25, -0.2) is 9.97 Å². The van der Waals surface area contributed by atoms with Crippen molar-refractivity contribution in [2.45, 2.75) is 12.8 Å². The molecule has 0 spiro atoms. The molecule has 1 amide bonds. The molecule has 0 bridgehead atoms. The van der Waals surface area contributed by atoms with E-state index in [4.69, 9.17) is 5.73 Å². The van der Waals surface area contributed by atoms with Gasteiger partial charge in [-0.1, -0.05) is 6.07 Å². The molecule has 2 aliphatic rings. The molecule has 2 aromatic heterocycles. The van der Waals surface area contributed by atoms with Crippen LogP contribution in [0.4, 0.5) is 5.82 Å². The summed E-state index contributed by atoms with van der Waals surface area (Å²) in [6.07, 6.45) is 5.95. The van der Waals surface area contributed by atoms with Crippen molar-refractivity contribution in [3.05, 3.63) is 36.3 Å². The van der Waals surface area contributed by atoms with E-state index in [1.807, 2.05) is 18.2 Å². The van der Waals surface area contributed by atoms with Crippen LogP contribution in [0.5, 0.6) is 0 Å². The fourth-order valence-corrected chi connectivity index (χ4v) is 3.60. The van der Waals surface area contributed by atoms with Gasteiger partial charge in [0.1, 0.15) is 11.5 Å². The summed E-state index contributed by atoms with van der Waals surface area (Å²) in [5.74, 6) is 0.868. The summed E-state index contributed by atoms with van der Waals surface area (Å²) in [5, 5.41) is 0. The van der Waals surface area contributed by atoms with Gasteiger partial charge in [0.05, 0.1) is 11.9 Å². The van der Waals surface area contributed by atoms with Gasteiger partial charge in [-0.2, -0.15) is 0 Å². The number of nitrogens with two attached hydrogens (primary N) is 1. The highest BCUT2D eigenvalue weighted by Gasteiger charge is 2.31. The van der Waals surface area contributed by atoms with Crippen LogP contribution in [-0.2, 0) is 0 Å². The lowest BCUT2D eigenvalue weighted by atomic mass is 9.99. The average Bonchev–Trinajstić information content (AvgIpc) is 3.11. The molecule has 25 heavy (non-hydrogen) atoms. The molecule has 2 fully saturated rings. The molecule has 2 aromatic rings. The molecule has 4 rings (SSSR count). The molecular formula is C18H22N6O. The second kappa shape index (κ2) is 6.76. The molecular weight excluding hydrogens is 316 g/mol.